The molecule has 0 spiro atoms. The molecule has 1 amide bonds. The van der Waals surface area contributed by atoms with Crippen molar-refractivity contribution >= 4 is 35.8 Å². The highest BCUT2D eigenvalue weighted by molar-refractivity contribution is 7.80. The van der Waals surface area contributed by atoms with Gasteiger partial charge in [0, 0.05) is 10.7 Å². The number of thiol groups is 1. The first-order chi connectivity index (χ1) is 13.8. The minimum Gasteiger partial charge on any atom is -0.322 e. The van der Waals surface area contributed by atoms with Crippen LogP contribution in [0.15, 0.2) is 59.5 Å². The smallest absolute Gasteiger partial charge is 0.256 e. The van der Waals surface area contributed by atoms with Gasteiger partial charge < -0.3 is 5.32 Å². The number of anilines is 1. The van der Waals surface area contributed by atoms with E-state index in [4.69, 9.17) is 11.6 Å². The Morgan fingerprint density at radius 3 is 2.52 bits per heavy atom. The molecule has 1 N–H and O–H groups in total. The maximum atomic E-state index is 13.7. The van der Waals surface area contributed by atoms with Crippen LogP contribution in [-0.4, -0.2) is 5.91 Å². The zero-order valence-electron chi connectivity index (χ0n) is 15.8. The van der Waals surface area contributed by atoms with Crippen molar-refractivity contribution in [3.63, 3.8) is 0 Å². The first-order valence-electron chi connectivity index (χ1n) is 8.87. The Labute approximate surface area is 179 Å². The number of halogens is 2. The molecule has 0 aliphatic heterocycles. The van der Waals surface area contributed by atoms with Gasteiger partial charge in [-0.15, -0.1) is 12.6 Å². The normalized spacial score (nSPS) is 11.6. The van der Waals surface area contributed by atoms with Gasteiger partial charge in [-0.25, -0.2) is 4.39 Å². The van der Waals surface area contributed by atoms with E-state index >= 15 is 0 Å². The standard InChI is InChI=1S/C23H18ClFN2OS/c1-13-6-8-15(9-7-13)18(12-26)17-10-14(2)21(11-19(17)24)27-23(28)16-4-3-5-20(25)22(16)29/h3-11,18,29H,1-2H3,(H,27,28). The lowest BCUT2D eigenvalue weighted by Gasteiger charge is -2.16. The van der Waals surface area contributed by atoms with Gasteiger partial charge in [-0.05, 0) is 48.7 Å². The molecule has 0 saturated carbocycles. The summed E-state index contributed by atoms with van der Waals surface area (Å²) in [7, 11) is 0. The molecule has 3 aromatic rings. The van der Waals surface area contributed by atoms with Crippen LogP contribution in [0.3, 0.4) is 0 Å². The maximum absolute atomic E-state index is 13.7. The Morgan fingerprint density at radius 1 is 1.17 bits per heavy atom. The molecule has 0 aromatic heterocycles. The molecule has 6 heteroatoms. The van der Waals surface area contributed by atoms with Gasteiger partial charge in [0.05, 0.1) is 22.4 Å². The number of hydrogen-bond donors (Lipinski definition) is 2. The van der Waals surface area contributed by atoms with E-state index in [1.165, 1.54) is 18.2 Å². The van der Waals surface area contributed by atoms with Crippen molar-refractivity contribution in [3.05, 3.63) is 93.3 Å². The number of amides is 1. The lowest BCUT2D eigenvalue weighted by atomic mass is 9.90. The fourth-order valence-corrected chi connectivity index (χ4v) is 3.55. The van der Waals surface area contributed by atoms with E-state index in [0.29, 0.717) is 16.3 Å². The number of nitrogens with zero attached hydrogens (tertiary/aromatic N) is 1. The van der Waals surface area contributed by atoms with Crippen LogP contribution in [0.1, 0.15) is 38.5 Å². The molecule has 3 aromatic carbocycles. The summed E-state index contributed by atoms with van der Waals surface area (Å²) in [5.74, 6) is -1.59. The van der Waals surface area contributed by atoms with Gasteiger partial charge in [-0.1, -0.05) is 53.6 Å². The molecule has 1 unspecified atom stereocenters. The quantitative estimate of drug-likeness (QED) is 0.483. The molecule has 1 atom stereocenters. The number of benzene rings is 3. The number of nitrogens with one attached hydrogen (secondary N) is 1. The average molecular weight is 425 g/mol. The van der Waals surface area contributed by atoms with Crippen molar-refractivity contribution in [2.45, 2.75) is 24.7 Å². The molecule has 3 nitrogen and oxygen atoms in total. The van der Waals surface area contributed by atoms with Crippen LogP contribution in [-0.2, 0) is 0 Å². The summed E-state index contributed by atoms with van der Waals surface area (Å²) in [4.78, 5) is 12.5. The first kappa shape index (κ1) is 20.9. The van der Waals surface area contributed by atoms with Crippen molar-refractivity contribution in [1.29, 1.82) is 5.26 Å². The monoisotopic (exact) mass is 424 g/mol. The average Bonchev–Trinajstić information content (AvgIpc) is 2.69. The fraction of sp³-hybridized carbons (Fsp3) is 0.130. The molecule has 0 bridgehead atoms. The van der Waals surface area contributed by atoms with Crippen LogP contribution in [0.2, 0.25) is 5.02 Å². The molecule has 0 radical (unpaired) electrons. The highest BCUT2D eigenvalue weighted by Gasteiger charge is 2.20. The van der Waals surface area contributed by atoms with Gasteiger partial charge in [0.15, 0.2) is 0 Å². The minimum absolute atomic E-state index is 0.0192. The van der Waals surface area contributed by atoms with Crippen LogP contribution >= 0.6 is 24.2 Å². The molecule has 29 heavy (non-hydrogen) atoms. The zero-order chi connectivity index (χ0) is 21.1. The minimum atomic E-state index is -0.568. The lowest BCUT2D eigenvalue weighted by molar-refractivity contribution is 0.102. The van der Waals surface area contributed by atoms with Gasteiger partial charge in [-0.2, -0.15) is 5.26 Å². The molecule has 0 heterocycles. The summed E-state index contributed by atoms with van der Waals surface area (Å²) in [5.41, 5.74) is 3.96. The van der Waals surface area contributed by atoms with Gasteiger partial charge in [0.25, 0.3) is 5.91 Å². The van der Waals surface area contributed by atoms with Crippen molar-refractivity contribution in [2.24, 2.45) is 0 Å². The van der Waals surface area contributed by atoms with Crippen molar-refractivity contribution in [3.8, 4) is 6.07 Å². The third kappa shape index (κ3) is 4.45. The predicted octanol–water partition coefficient (Wildman–Crippen LogP) is 6.29. The zero-order valence-corrected chi connectivity index (χ0v) is 17.5. The Balaban J connectivity index is 1.93. The number of carbonyl (C=O) groups is 1. The topological polar surface area (TPSA) is 52.9 Å². The number of carbonyl (C=O) groups excluding carboxylic acids is 1. The van der Waals surface area contributed by atoms with E-state index in [1.807, 2.05) is 38.1 Å². The van der Waals surface area contributed by atoms with E-state index < -0.39 is 17.6 Å². The summed E-state index contributed by atoms with van der Waals surface area (Å²) in [6, 6.07) is 17.6. The second kappa shape index (κ2) is 8.69. The highest BCUT2D eigenvalue weighted by atomic mass is 35.5. The van der Waals surface area contributed by atoms with Gasteiger partial charge in [0.2, 0.25) is 0 Å². The highest BCUT2D eigenvalue weighted by Crippen LogP contribution is 2.34. The molecule has 0 aliphatic rings. The summed E-state index contributed by atoms with van der Waals surface area (Å²) in [5, 5.41) is 12.8. The fourth-order valence-electron chi connectivity index (χ4n) is 3.03. The predicted molar refractivity (Wildman–Crippen MR) is 116 cm³/mol. The molecule has 0 fully saturated rings. The summed E-state index contributed by atoms with van der Waals surface area (Å²) >= 11 is 10.5. The number of rotatable bonds is 4. The Kier molecular flexibility index (Phi) is 6.26. The second-order valence-electron chi connectivity index (χ2n) is 6.75. The molecule has 3 rings (SSSR count). The lowest BCUT2D eigenvalue weighted by Crippen LogP contribution is -2.14. The van der Waals surface area contributed by atoms with E-state index in [-0.39, 0.29) is 10.5 Å². The van der Waals surface area contributed by atoms with Crippen molar-refractivity contribution in [1.82, 2.24) is 0 Å². The summed E-state index contributed by atoms with van der Waals surface area (Å²) in [6.07, 6.45) is 0. The van der Waals surface area contributed by atoms with E-state index in [1.54, 1.807) is 12.1 Å². The summed E-state index contributed by atoms with van der Waals surface area (Å²) in [6.45, 7) is 3.79. The van der Waals surface area contributed by atoms with E-state index in [2.05, 4.69) is 24.0 Å². The second-order valence-corrected chi connectivity index (χ2v) is 7.61. The Bertz CT molecular complexity index is 1120. The molecule has 146 valence electrons. The van der Waals surface area contributed by atoms with Crippen LogP contribution in [0.4, 0.5) is 10.1 Å². The van der Waals surface area contributed by atoms with Crippen LogP contribution in [0.5, 0.6) is 0 Å². The SMILES string of the molecule is Cc1ccc(C(C#N)c2cc(C)c(NC(=O)c3cccc(F)c3S)cc2Cl)cc1. The van der Waals surface area contributed by atoms with Crippen LogP contribution < -0.4 is 5.32 Å². The van der Waals surface area contributed by atoms with E-state index in [9.17, 15) is 14.4 Å². The first-order valence-corrected chi connectivity index (χ1v) is 9.69. The number of aryl methyl sites for hydroxylation is 2. The summed E-state index contributed by atoms with van der Waals surface area (Å²) < 4.78 is 13.7. The van der Waals surface area contributed by atoms with Crippen molar-refractivity contribution in [2.75, 3.05) is 5.32 Å². The van der Waals surface area contributed by atoms with Crippen LogP contribution in [0, 0.1) is 31.0 Å². The van der Waals surface area contributed by atoms with Gasteiger partial charge >= 0.3 is 0 Å². The molecule has 0 aliphatic carbocycles. The van der Waals surface area contributed by atoms with Gasteiger partial charge in [0.1, 0.15) is 5.82 Å². The van der Waals surface area contributed by atoms with Crippen molar-refractivity contribution < 1.29 is 9.18 Å². The molecule has 0 saturated heterocycles. The van der Waals surface area contributed by atoms with Crippen LogP contribution in [0.25, 0.3) is 0 Å². The van der Waals surface area contributed by atoms with Gasteiger partial charge in [-0.3, -0.25) is 4.79 Å². The Hall–Kier alpha value is -2.81. The third-order valence-electron chi connectivity index (χ3n) is 4.67. The number of hydrogen-bond acceptors (Lipinski definition) is 3. The Morgan fingerprint density at radius 2 is 1.86 bits per heavy atom. The molecular weight excluding hydrogens is 407 g/mol. The largest absolute Gasteiger partial charge is 0.322 e. The third-order valence-corrected chi connectivity index (χ3v) is 5.46. The maximum Gasteiger partial charge on any atom is 0.256 e. The molecular formula is C23H18ClFN2OS. The van der Waals surface area contributed by atoms with E-state index in [0.717, 1.165) is 16.7 Å². The number of nitriles is 1.